The summed E-state index contributed by atoms with van der Waals surface area (Å²) in [4.78, 5) is 34.2. The number of hydrogen-bond acceptors (Lipinski definition) is 6. The van der Waals surface area contributed by atoms with Crippen LogP contribution >= 0.6 is 0 Å². The highest BCUT2D eigenvalue weighted by Crippen LogP contribution is 2.60. The number of esters is 1. The lowest BCUT2D eigenvalue weighted by atomic mass is 9.48. The van der Waals surface area contributed by atoms with E-state index in [1.54, 1.807) is 0 Å². The molecule has 0 aromatic carbocycles. The van der Waals surface area contributed by atoms with Crippen LogP contribution in [0.5, 0.6) is 0 Å². The van der Waals surface area contributed by atoms with Crippen LogP contribution in [0.2, 0.25) is 0 Å². The highest BCUT2D eigenvalue weighted by Gasteiger charge is 2.59. The summed E-state index contributed by atoms with van der Waals surface area (Å²) in [5.41, 5.74) is -1.86. The number of aromatic nitrogens is 1. The van der Waals surface area contributed by atoms with E-state index in [4.69, 9.17) is 4.74 Å². The van der Waals surface area contributed by atoms with Crippen LogP contribution in [0.15, 0.2) is 18.3 Å². The number of carbonyl (C=O) groups excluding carboxylic acids is 2. The van der Waals surface area contributed by atoms with Gasteiger partial charge in [0.1, 0.15) is 5.82 Å². The van der Waals surface area contributed by atoms with E-state index >= 15 is 0 Å². The van der Waals surface area contributed by atoms with E-state index in [0.717, 1.165) is 44.4 Å². The van der Waals surface area contributed by atoms with Gasteiger partial charge in [0.25, 0.3) is 0 Å². The van der Waals surface area contributed by atoms with Crippen molar-refractivity contribution in [2.45, 2.75) is 63.7 Å². The van der Waals surface area contributed by atoms with Crippen molar-refractivity contribution in [3.8, 4) is 0 Å². The first-order valence-corrected chi connectivity index (χ1v) is 12.9. The highest BCUT2D eigenvalue weighted by molar-refractivity contribution is 5.86. The summed E-state index contributed by atoms with van der Waals surface area (Å²) in [7, 11) is 1.47. The van der Waals surface area contributed by atoms with Crippen molar-refractivity contribution in [2.24, 2.45) is 23.2 Å². The van der Waals surface area contributed by atoms with Crippen LogP contribution in [0.4, 0.5) is 19.0 Å². The lowest BCUT2D eigenvalue weighted by Gasteiger charge is -2.59. The Labute approximate surface area is 209 Å². The van der Waals surface area contributed by atoms with Crippen LogP contribution in [0.1, 0.15) is 51.5 Å². The molecule has 36 heavy (non-hydrogen) atoms. The number of amides is 1. The number of rotatable bonds is 5. The molecule has 2 unspecified atom stereocenters. The molecule has 1 aliphatic heterocycles. The minimum Gasteiger partial charge on any atom is -0.469 e. The molecule has 1 N–H and O–H groups in total. The summed E-state index contributed by atoms with van der Waals surface area (Å²) in [6.07, 6.45) is 1.07. The van der Waals surface area contributed by atoms with Gasteiger partial charge in [-0.3, -0.25) is 14.5 Å². The Bertz CT molecular complexity index is 989. The molecule has 5 aliphatic rings. The lowest BCUT2D eigenvalue weighted by Crippen LogP contribution is -2.66. The Morgan fingerprint density at radius 2 is 1.69 bits per heavy atom. The number of hydrogen-bond donors (Lipinski definition) is 1. The topological polar surface area (TPSA) is 74.8 Å². The molecule has 5 fully saturated rings. The molecule has 7 nitrogen and oxygen atoms in total. The van der Waals surface area contributed by atoms with Crippen LogP contribution in [-0.4, -0.2) is 66.6 Å². The second kappa shape index (κ2) is 8.89. The number of methoxy groups -OCH3 is 1. The predicted molar refractivity (Wildman–Crippen MR) is 127 cm³/mol. The van der Waals surface area contributed by atoms with Gasteiger partial charge >= 0.3 is 12.1 Å². The van der Waals surface area contributed by atoms with Gasteiger partial charge in [0.15, 0.2) is 0 Å². The molecule has 0 radical (unpaired) electrons. The first-order chi connectivity index (χ1) is 16.9. The van der Waals surface area contributed by atoms with Crippen LogP contribution in [0, 0.1) is 23.2 Å². The zero-order valence-electron chi connectivity index (χ0n) is 21.1. The summed E-state index contributed by atoms with van der Waals surface area (Å²) in [5.74, 6) is 1.56. The molecular weight excluding hydrogens is 473 g/mol. The van der Waals surface area contributed by atoms with E-state index in [2.05, 4.69) is 15.2 Å². The summed E-state index contributed by atoms with van der Waals surface area (Å²) in [6.45, 7) is 6.23. The van der Waals surface area contributed by atoms with Crippen molar-refractivity contribution in [1.29, 1.82) is 0 Å². The van der Waals surface area contributed by atoms with Crippen molar-refractivity contribution in [3.05, 3.63) is 23.9 Å². The fourth-order valence-corrected chi connectivity index (χ4v) is 7.43. The summed E-state index contributed by atoms with van der Waals surface area (Å²) in [6, 6.07) is 2.55. The minimum absolute atomic E-state index is 0.00630. The second-order valence-corrected chi connectivity index (χ2v) is 11.7. The van der Waals surface area contributed by atoms with E-state index in [0.29, 0.717) is 49.8 Å². The fourth-order valence-electron chi connectivity index (χ4n) is 7.43. The van der Waals surface area contributed by atoms with E-state index in [-0.39, 0.29) is 23.3 Å². The van der Waals surface area contributed by atoms with Gasteiger partial charge in [0.05, 0.1) is 23.6 Å². The maximum absolute atomic E-state index is 13.5. The molecule has 4 aliphatic carbocycles. The first-order valence-electron chi connectivity index (χ1n) is 12.9. The van der Waals surface area contributed by atoms with Gasteiger partial charge < -0.3 is 15.0 Å². The zero-order chi connectivity index (χ0) is 25.9. The van der Waals surface area contributed by atoms with Gasteiger partial charge in [-0.05, 0) is 75.8 Å². The van der Waals surface area contributed by atoms with E-state index < -0.39 is 17.3 Å². The Kier molecular flexibility index (Phi) is 6.24. The summed E-state index contributed by atoms with van der Waals surface area (Å²) >= 11 is 0. The standard InChI is InChI=1S/C26H35F3N4O3/c1-24(2,33-8-6-32(7-9-33)20-5-4-19(15-30-20)26(27,28)29)22(34)31-21-17-10-16-11-18(21)14-25(12-16,13-17)23(35)36-3/h4-5,15-18,21H,6-14H2,1-3H3,(H,31,34). The molecule has 198 valence electrons. The van der Waals surface area contributed by atoms with Gasteiger partial charge in [-0.1, -0.05) is 0 Å². The Balaban J connectivity index is 1.19. The van der Waals surface area contributed by atoms with Gasteiger partial charge in [0.2, 0.25) is 5.91 Å². The Hall–Kier alpha value is -2.36. The molecule has 6 rings (SSSR count). The summed E-state index contributed by atoms with van der Waals surface area (Å²) < 4.78 is 43.7. The SMILES string of the molecule is COC(=O)C12CC3CC(C1)C(NC(=O)C(C)(C)N1CCN(c4ccc(C(F)(F)F)cn4)CC1)C(C3)C2. The molecule has 1 amide bonds. The van der Waals surface area contributed by atoms with Gasteiger partial charge in [-0.25, -0.2) is 4.98 Å². The normalized spacial score (nSPS) is 32.4. The molecule has 4 saturated carbocycles. The van der Waals surface area contributed by atoms with Crippen LogP contribution < -0.4 is 10.2 Å². The third kappa shape index (κ3) is 4.35. The smallest absolute Gasteiger partial charge is 0.417 e. The number of ether oxygens (including phenoxy) is 1. The molecule has 4 bridgehead atoms. The molecule has 2 heterocycles. The Morgan fingerprint density at radius 1 is 1.06 bits per heavy atom. The second-order valence-electron chi connectivity index (χ2n) is 11.7. The monoisotopic (exact) mass is 508 g/mol. The van der Waals surface area contributed by atoms with Crippen molar-refractivity contribution in [1.82, 2.24) is 15.2 Å². The van der Waals surface area contributed by atoms with Gasteiger partial charge in [-0.15, -0.1) is 0 Å². The average molecular weight is 509 g/mol. The number of piperazine rings is 1. The van der Waals surface area contributed by atoms with Crippen LogP contribution in [-0.2, 0) is 20.5 Å². The number of pyridine rings is 1. The number of anilines is 1. The molecule has 0 spiro atoms. The van der Waals surface area contributed by atoms with Crippen molar-refractivity contribution >= 4 is 17.7 Å². The molecule has 2 atom stereocenters. The van der Waals surface area contributed by atoms with Crippen LogP contribution in [0.3, 0.4) is 0 Å². The average Bonchev–Trinajstić information content (AvgIpc) is 2.84. The maximum atomic E-state index is 13.5. The molecule has 1 aromatic rings. The highest BCUT2D eigenvalue weighted by atomic mass is 19.4. The number of alkyl halides is 3. The van der Waals surface area contributed by atoms with E-state index in [1.807, 2.05) is 18.7 Å². The zero-order valence-corrected chi connectivity index (χ0v) is 21.1. The molecule has 1 aromatic heterocycles. The quantitative estimate of drug-likeness (QED) is 0.614. The third-order valence-corrected chi connectivity index (χ3v) is 9.21. The lowest BCUT2D eigenvalue weighted by molar-refractivity contribution is -0.171. The number of nitrogens with one attached hydrogen (secondary N) is 1. The summed E-state index contributed by atoms with van der Waals surface area (Å²) in [5, 5.41) is 3.37. The van der Waals surface area contributed by atoms with Gasteiger partial charge in [0, 0.05) is 38.4 Å². The number of carbonyl (C=O) groups is 2. The molecule has 1 saturated heterocycles. The predicted octanol–water partition coefficient (Wildman–Crippen LogP) is 3.49. The van der Waals surface area contributed by atoms with Gasteiger partial charge in [-0.2, -0.15) is 13.2 Å². The molecular formula is C26H35F3N4O3. The van der Waals surface area contributed by atoms with E-state index in [1.165, 1.54) is 13.2 Å². The number of halogens is 3. The number of nitrogens with zero attached hydrogens (tertiary/aromatic N) is 3. The van der Waals surface area contributed by atoms with Crippen LogP contribution in [0.25, 0.3) is 0 Å². The van der Waals surface area contributed by atoms with E-state index in [9.17, 15) is 22.8 Å². The third-order valence-electron chi connectivity index (χ3n) is 9.21. The largest absolute Gasteiger partial charge is 0.469 e. The van der Waals surface area contributed by atoms with Crippen molar-refractivity contribution in [3.63, 3.8) is 0 Å². The maximum Gasteiger partial charge on any atom is 0.417 e. The Morgan fingerprint density at radius 3 is 2.22 bits per heavy atom. The minimum atomic E-state index is -4.40. The van der Waals surface area contributed by atoms with Crippen molar-refractivity contribution < 1.29 is 27.5 Å². The fraction of sp³-hybridized carbons (Fsp3) is 0.731. The first kappa shape index (κ1) is 25.3. The molecule has 10 heteroatoms. The van der Waals surface area contributed by atoms with Crippen molar-refractivity contribution in [2.75, 3.05) is 38.2 Å².